The second-order valence-electron chi connectivity index (χ2n) is 4.23. The minimum absolute atomic E-state index is 0.235. The number of rotatable bonds is 4. The van der Waals surface area contributed by atoms with E-state index in [1.54, 1.807) is 6.92 Å². The zero-order valence-corrected chi connectivity index (χ0v) is 13.3. The molecule has 0 saturated heterocycles. The van der Waals surface area contributed by atoms with Gasteiger partial charge in [0.05, 0.1) is 11.4 Å². The van der Waals surface area contributed by atoms with Gasteiger partial charge in [0.25, 0.3) is 5.91 Å². The van der Waals surface area contributed by atoms with E-state index in [0.717, 1.165) is 10.6 Å². The van der Waals surface area contributed by atoms with Crippen molar-refractivity contribution in [2.75, 3.05) is 12.0 Å². The second-order valence-corrected chi connectivity index (χ2v) is 6.10. The van der Waals surface area contributed by atoms with Gasteiger partial charge in [0, 0.05) is 5.56 Å². The molecule has 0 radical (unpaired) electrons. The summed E-state index contributed by atoms with van der Waals surface area (Å²) in [4.78, 5) is 28.3. The summed E-state index contributed by atoms with van der Waals surface area (Å²) in [5, 5.41) is 0.786. The van der Waals surface area contributed by atoms with Crippen molar-refractivity contribution in [1.82, 2.24) is 15.8 Å². The van der Waals surface area contributed by atoms with Crippen molar-refractivity contribution in [2.45, 2.75) is 6.92 Å². The molecule has 2 amide bonds. The summed E-state index contributed by atoms with van der Waals surface area (Å²) in [7, 11) is 0. The van der Waals surface area contributed by atoms with Crippen molar-refractivity contribution >= 4 is 34.9 Å². The van der Waals surface area contributed by atoms with E-state index in [1.165, 1.54) is 23.1 Å². The molecule has 0 unspecified atom stereocenters. The Bertz CT molecular complexity index is 641. The van der Waals surface area contributed by atoms with E-state index in [2.05, 4.69) is 15.8 Å². The van der Waals surface area contributed by atoms with Gasteiger partial charge >= 0.3 is 0 Å². The first-order valence-electron chi connectivity index (χ1n) is 6.22. The Morgan fingerprint density at radius 2 is 1.95 bits per heavy atom. The van der Waals surface area contributed by atoms with Crippen molar-refractivity contribution in [1.29, 1.82) is 0 Å². The molecule has 21 heavy (non-hydrogen) atoms. The van der Waals surface area contributed by atoms with Crippen LogP contribution in [0.5, 0.6) is 0 Å². The molecule has 2 N–H and O–H groups in total. The lowest BCUT2D eigenvalue weighted by Crippen LogP contribution is -2.42. The first-order chi connectivity index (χ1) is 10.1. The van der Waals surface area contributed by atoms with Gasteiger partial charge in [-0.3, -0.25) is 20.4 Å². The number of hydrogen-bond donors (Lipinski definition) is 2. The molecular weight excluding hydrogens is 306 g/mol. The molecule has 2 aromatic rings. The van der Waals surface area contributed by atoms with Gasteiger partial charge < -0.3 is 0 Å². The zero-order valence-electron chi connectivity index (χ0n) is 11.7. The van der Waals surface area contributed by atoms with Crippen LogP contribution in [0, 0.1) is 6.92 Å². The van der Waals surface area contributed by atoms with Crippen LogP contribution in [0.3, 0.4) is 0 Å². The van der Waals surface area contributed by atoms with Crippen LogP contribution in [0.2, 0.25) is 0 Å². The minimum Gasteiger partial charge on any atom is -0.272 e. The Hall–Kier alpha value is -1.86. The monoisotopic (exact) mass is 321 g/mol. The van der Waals surface area contributed by atoms with Gasteiger partial charge in [-0.25, -0.2) is 4.98 Å². The van der Waals surface area contributed by atoms with Crippen molar-refractivity contribution in [3.05, 3.63) is 40.9 Å². The summed E-state index contributed by atoms with van der Waals surface area (Å²) >= 11 is 2.69. The molecule has 0 bridgehead atoms. The highest BCUT2D eigenvalue weighted by Crippen LogP contribution is 2.27. The van der Waals surface area contributed by atoms with Crippen molar-refractivity contribution in [3.63, 3.8) is 0 Å². The lowest BCUT2D eigenvalue weighted by atomic mass is 10.2. The average Bonchev–Trinajstić information content (AvgIpc) is 2.88. The normalized spacial score (nSPS) is 10.2. The largest absolute Gasteiger partial charge is 0.281 e. The van der Waals surface area contributed by atoms with E-state index in [0.29, 0.717) is 16.3 Å². The van der Waals surface area contributed by atoms with E-state index < -0.39 is 0 Å². The summed E-state index contributed by atoms with van der Waals surface area (Å²) in [6, 6.07) is 9.67. The van der Waals surface area contributed by atoms with Gasteiger partial charge in [-0.05, 0) is 13.2 Å². The third-order valence-corrected chi connectivity index (χ3v) is 4.37. The second kappa shape index (κ2) is 7.24. The molecule has 1 heterocycles. The maximum Gasteiger partial charge on any atom is 0.281 e. The molecule has 1 aromatic heterocycles. The lowest BCUT2D eigenvalue weighted by molar-refractivity contribution is -0.119. The van der Waals surface area contributed by atoms with Crippen molar-refractivity contribution < 1.29 is 9.59 Å². The molecule has 0 atom stereocenters. The highest BCUT2D eigenvalue weighted by Gasteiger charge is 2.16. The fraction of sp³-hybridized carbons (Fsp3) is 0.214. The first-order valence-corrected chi connectivity index (χ1v) is 8.44. The number of hydrazine groups is 1. The van der Waals surface area contributed by atoms with Crippen LogP contribution < -0.4 is 10.9 Å². The Labute approximate surface area is 131 Å². The fourth-order valence-electron chi connectivity index (χ4n) is 1.66. The Kier molecular flexibility index (Phi) is 5.35. The maximum atomic E-state index is 12.1. The number of nitrogens with zero attached hydrogens (tertiary/aromatic N) is 1. The highest BCUT2D eigenvalue weighted by molar-refractivity contribution is 7.99. The highest BCUT2D eigenvalue weighted by atomic mass is 32.2. The summed E-state index contributed by atoms with van der Waals surface area (Å²) in [5.41, 5.74) is 6.40. The number of aromatic nitrogens is 1. The number of carbonyl (C=O) groups is 2. The summed E-state index contributed by atoms with van der Waals surface area (Å²) in [5.74, 6) is -0.278. The van der Waals surface area contributed by atoms with E-state index in [1.807, 2.05) is 36.6 Å². The molecule has 0 spiro atoms. The van der Waals surface area contributed by atoms with Crippen LogP contribution >= 0.6 is 23.1 Å². The van der Waals surface area contributed by atoms with Crippen molar-refractivity contribution in [2.24, 2.45) is 0 Å². The number of hydrogen-bond acceptors (Lipinski definition) is 5. The van der Waals surface area contributed by atoms with E-state index in [-0.39, 0.29) is 11.8 Å². The van der Waals surface area contributed by atoms with Crippen molar-refractivity contribution in [3.8, 4) is 10.6 Å². The Morgan fingerprint density at radius 3 is 2.62 bits per heavy atom. The molecular formula is C14H15N3O2S2. The summed E-state index contributed by atoms with van der Waals surface area (Å²) in [6.45, 7) is 1.78. The number of aryl methyl sites for hydroxylation is 1. The topological polar surface area (TPSA) is 71.1 Å². The van der Waals surface area contributed by atoms with E-state index >= 15 is 0 Å². The first kappa shape index (κ1) is 15.5. The quantitative estimate of drug-likeness (QED) is 0.847. The van der Waals surface area contributed by atoms with Gasteiger partial charge in [0.15, 0.2) is 0 Å². The molecule has 1 aromatic carbocycles. The minimum atomic E-state index is -0.346. The van der Waals surface area contributed by atoms with Crippen LogP contribution in [0.4, 0.5) is 0 Å². The Balaban J connectivity index is 2.09. The molecule has 7 heteroatoms. The smallest absolute Gasteiger partial charge is 0.272 e. The number of thioether (sulfide) groups is 1. The lowest BCUT2D eigenvalue weighted by Gasteiger charge is -2.05. The number of nitrogens with one attached hydrogen (secondary N) is 2. The summed E-state index contributed by atoms with van der Waals surface area (Å²) < 4.78 is 0. The van der Waals surface area contributed by atoms with Gasteiger partial charge in [-0.1, -0.05) is 30.3 Å². The zero-order chi connectivity index (χ0) is 15.2. The van der Waals surface area contributed by atoms with Gasteiger partial charge in [0.1, 0.15) is 9.88 Å². The van der Waals surface area contributed by atoms with Crippen LogP contribution in [0.15, 0.2) is 30.3 Å². The van der Waals surface area contributed by atoms with E-state index in [4.69, 9.17) is 0 Å². The van der Waals surface area contributed by atoms with Crippen LogP contribution in [-0.4, -0.2) is 28.8 Å². The third-order valence-electron chi connectivity index (χ3n) is 2.61. The molecule has 0 aliphatic rings. The molecule has 0 fully saturated rings. The standard InChI is InChI=1S/C14H15N3O2S2/c1-9-12(13(19)17-16-11(18)8-20-2)21-14(15-9)10-6-4-3-5-7-10/h3-7H,8H2,1-2H3,(H,16,18)(H,17,19). The fourth-order valence-corrected chi connectivity index (χ4v) is 2.96. The molecule has 0 saturated carbocycles. The predicted molar refractivity (Wildman–Crippen MR) is 86.3 cm³/mol. The molecule has 110 valence electrons. The predicted octanol–water partition coefficient (Wildman–Crippen LogP) is 2.24. The number of thiazole rings is 1. The van der Waals surface area contributed by atoms with E-state index in [9.17, 15) is 9.59 Å². The third kappa shape index (κ3) is 4.05. The van der Waals surface area contributed by atoms with Crippen LogP contribution in [0.1, 0.15) is 15.4 Å². The summed E-state index contributed by atoms with van der Waals surface area (Å²) in [6.07, 6.45) is 1.82. The molecule has 0 aliphatic carbocycles. The number of carbonyl (C=O) groups excluding carboxylic acids is 2. The molecule has 5 nitrogen and oxygen atoms in total. The van der Waals surface area contributed by atoms with Crippen LogP contribution in [-0.2, 0) is 4.79 Å². The number of amides is 2. The van der Waals surface area contributed by atoms with Gasteiger partial charge in [-0.2, -0.15) is 11.8 Å². The molecule has 0 aliphatic heterocycles. The molecule has 2 rings (SSSR count). The van der Waals surface area contributed by atoms with Crippen LogP contribution in [0.25, 0.3) is 10.6 Å². The van der Waals surface area contributed by atoms with Gasteiger partial charge in [-0.15, -0.1) is 11.3 Å². The Morgan fingerprint density at radius 1 is 1.24 bits per heavy atom. The maximum absolute atomic E-state index is 12.1. The SMILES string of the molecule is CSCC(=O)NNC(=O)c1sc(-c2ccccc2)nc1C. The van der Waals surface area contributed by atoms with Gasteiger partial charge in [0.2, 0.25) is 5.91 Å². The number of benzene rings is 1. The average molecular weight is 321 g/mol.